The van der Waals surface area contributed by atoms with E-state index in [1.807, 2.05) is 0 Å². The van der Waals surface area contributed by atoms with Crippen LogP contribution in [0.25, 0.3) is 0 Å². The minimum absolute atomic E-state index is 0.0824. The first kappa shape index (κ1) is 16.3. The lowest BCUT2D eigenvalue weighted by molar-refractivity contribution is 0.144. The number of rotatable bonds is 5. The van der Waals surface area contributed by atoms with Crippen molar-refractivity contribution in [2.75, 3.05) is 19.0 Å². The molecule has 1 heterocycles. The molecule has 2 rings (SSSR count). The van der Waals surface area contributed by atoms with E-state index in [0.717, 1.165) is 32.1 Å². The molecule has 7 heteroatoms. The van der Waals surface area contributed by atoms with Gasteiger partial charge in [0.15, 0.2) is 0 Å². The van der Waals surface area contributed by atoms with Gasteiger partial charge < -0.3 is 15.2 Å². The topological polar surface area (TPSA) is 76.4 Å². The van der Waals surface area contributed by atoms with Crippen molar-refractivity contribution in [1.29, 1.82) is 0 Å². The molecule has 21 heavy (non-hydrogen) atoms. The highest BCUT2D eigenvalue weighted by atomic mass is 35.5. The fraction of sp³-hybridized carbons (Fsp3) is 0.714. The molecule has 0 aromatic carbocycles. The van der Waals surface area contributed by atoms with E-state index in [4.69, 9.17) is 16.3 Å². The zero-order chi connectivity index (χ0) is 15.2. The molecule has 1 saturated carbocycles. The molecule has 0 radical (unpaired) electrons. The molecule has 0 saturated heterocycles. The monoisotopic (exact) mass is 315 g/mol. The van der Waals surface area contributed by atoms with Crippen LogP contribution in [0.4, 0.5) is 5.69 Å². The van der Waals surface area contributed by atoms with Crippen LogP contribution < -0.4 is 10.9 Å². The highest BCUT2D eigenvalue weighted by Gasteiger charge is 2.23. The van der Waals surface area contributed by atoms with Crippen LogP contribution in [0.2, 0.25) is 5.02 Å². The van der Waals surface area contributed by atoms with E-state index >= 15 is 0 Å². The van der Waals surface area contributed by atoms with Gasteiger partial charge in [0.05, 0.1) is 37.2 Å². The fourth-order valence-electron chi connectivity index (χ4n) is 2.56. The molecule has 1 aliphatic carbocycles. The molecule has 1 aliphatic rings. The zero-order valence-electron chi connectivity index (χ0n) is 12.2. The summed E-state index contributed by atoms with van der Waals surface area (Å²) in [5, 5.41) is 17.5. The minimum atomic E-state index is -0.417. The Balaban J connectivity index is 2.13. The first-order valence-corrected chi connectivity index (χ1v) is 7.70. The van der Waals surface area contributed by atoms with E-state index in [9.17, 15) is 9.90 Å². The van der Waals surface area contributed by atoms with Gasteiger partial charge in [-0.2, -0.15) is 5.10 Å². The molecule has 2 atom stereocenters. The molecular weight excluding hydrogens is 294 g/mol. The highest BCUT2D eigenvalue weighted by molar-refractivity contribution is 6.32. The van der Waals surface area contributed by atoms with E-state index in [0.29, 0.717) is 18.8 Å². The first-order valence-electron chi connectivity index (χ1n) is 7.32. The quantitative estimate of drug-likeness (QED) is 0.808. The van der Waals surface area contributed by atoms with E-state index in [-0.39, 0.29) is 16.6 Å². The number of methoxy groups -OCH3 is 1. The molecule has 118 valence electrons. The summed E-state index contributed by atoms with van der Waals surface area (Å²) >= 11 is 6.13. The van der Waals surface area contributed by atoms with E-state index in [1.54, 1.807) is 7.11 Å². The average Bonchev–Trinajstić information content (AvgIpc) is 2.68. The number of aliphatic hydroxyl groups is 1. The maximum absolute atomic E-state index is 12.1. The van der Waals surface area contributed by atoms with Crippen molar-refractivity contribution in [3.8, 4) is 0 Å². The largest absolute Gasteiger partial charge is 0.391 e. The van der Waals surface area contributed by atoms with Crippen LogP contribution >= 0.6 is 11.6 Å². The fourth-order valence-corrected chi connectivity index (χ4v) is 2.76. The molecule has 0 bridgehead atoms. The predicted molar refractivity (Wildman–Crippen MR) is 81.9 cm³/mol. The average molecular weight is 316 g/mol. The second-order valence-corrected chi connectivity index (χ2v) is 5.73. The van der Waals surface area contributed by atoms with Gasteiger partial charge >= 0.3 is 0 Å². The van der Waals surface area contributed by atoms with Gasteiger partial charge in [-0.1, -0.05) is 30.9 Å². The Labute approximate surface area is 129 Å². The van der Waals surface area contributed by atoms with Crippen LogP contribution in [0.3, 0.4) is 0 Å². The summed E-state index contributed by atoms with van der Waals surface area (Å²) in [7, 11) is 1.57. The summed E-state index contributed by atoms with van der Waals surface area (Å²) in [6.07, 6.45) is 5.98. The summed E-state index contributed by atoms with van der Waals surface area (Å²) < 4.78 is 6.21. The van der Waals surface area contributed by atoms with Crippen LogP contribution in [0.5, 0.6) is 0 Å². The standard InChI is InChI=1S/C14H22ClN3O3/c1-21-8-7-18-14(20)13(15)11(9-16-18)17-10-5-3-2-4-6-12(10)19/h9-10,12,17,19H,2-8H2,1H3. The molecule has 0 aliphatic heterocycles. The Hall–Kier alpha value is -1.11. The van der Waals surface area contributed by atoms with Gasteiger partial charge in [-0.15, -0.1) is 0 Å². The van der Waals surface area contributed by atoms with Gasteiger partial charge in [0, 0.05) is 7.11 Å². The van der Waals surface area contributed by atoms with Crippen LogP contribution in [0.15, 0.2) is 11.0 Å². The maximum Gasteiger partial charge on any atom is 0.287 e. The van der Waals surface area contributed by atoms with Crippen LogP contribution in [0.1, 0.15) is 32.1 Å². The van der Waals surface area contributed by atoms with Gasteiger partial charge in [-0.05, 0) is 12.8 Å². The molecule has 1 aromatic rings. The van der Waals surface area contributed by atoms with Crippen LogP contribution in [-0.2, 0) is 11.3 Å². The molecular formula is C14H22ClN3O3. The van der Waals surface area contributed by atoms with Crippen molar-refractivity contribution in [3.63, 3.8) is 0 Å². The normalized spacial score (nSPS) is 22.8. The van der Waals surface area contributed by atoms with E-state index < -0.39 is 6.10 Å². The molecule has 0 amide bonds. The smallest absolute Gasteiger partial charge is 0.287 e. The number of hydrogen-bond acceptors (Lipinski definition) is 5. The van der Waals surface area contributed by atoms with Crippen molar-refractivity contribution in [2.24, 2.45) is 0 Å². The van der Waals surface area contributed by atoms with E-state index in [1.165, 1.54) is 10.9 Å². The molecule has 6 nitrogen and oxygen atoms in total. The summed E-state index contributed by atoms with van der Waals surface area (Å²) in [6, 6.07) is -0.0824. The minimum Gasteiger partial charge on any atom is -0.391 e. The predicted octanol–water partition coefficient (Wildman–Crippen LogP) is 1.65. The second-order valence-electron chi connectivity index (χ2n) is 5.35. The number of nitrogens with one attached hydrogen (secondary N) is 1. The van der Waals surface area contributed by atoms with Crippen molar-refractivity contribution >= 4 is 17.3 Å². The lowest BCUT2D eigenvalue weighted by Gasteiger charge is -2.23. The summed E-state index contributed by atoms with van der Waals surface area (Å²) in [4.78, 5) is 12.1. The lowest BCUT2D eigenvalue weighted by atomic mass is 10.1. The summed E-state index contributed by atoms with van der Waals surface area (Å²) in [5.74, 6) is 0. The SMILES string of the molecule is COCCn1ncc(NC2CCCCCC2O)c(Cl)c1=O. The lowest BCUT2D eigenvalue weighted by Crippen LogP contribution is -2.34. The van der Waals surface area contributed by atoms with Crippen molar-refractivity contribution in [1.82, 2.24) is 9.78 Å². The summed E-state index contributed by atoms with van der Waals surface area (Å²) in [5.41, 5.74) is 0.142. The molecule has 2 N–H and O–H groups in total. The van der Waals surface area contributed by atoms with Gasteiger partial charge in [0.1, 0.15) is 5.02 Å². The number of nitrogens with zero attached hydrogens (tertiary/aromatic N) is 2. The molecule has 1 aromatic heterocycles. The Bertz CT molecular complexity index is 521. The van der Waals surface area contributed by atoms with Gasteiger partial charge in [0.25, 0.3) is 5.56 Å². The van der Waals surface area contributed by atoms with Gasteiger partial charge in [-0.3, -0.25) is 4.79 Å². The number of anilines is 1. The molecule has 2 unspecified atom stereocenters. The Morgan fingerprint density at radius 1 is 1.48 bits per heavy atom. The number of aliphatic hydroxyl groups excluding tert-OH is 1. The number of hydrogen-bond donors (Lipinski definition) is 2. The Morgan fingerprint density at radius 3 is 3.00 bits per heavy atom. The zero-order valence-corrected chi connectivity index (χ0v) is 13.0. The van der Waals surface area contributed by atoms with Crippen molar-refractivity contribution < 1.29 is 9.84 Å². The highest BCUT2D eigenvalue weighted by Crippen LogP contribution is 2.24. The van der Waals surface area contributed by atoms with E-state index in [2.05, 4.69) is 10.4 Å². The number of halogens is 1. The number of aromatic nitrogens is 2. The second kappa shape index (κ2) is 7.77. The van der Waals surface area contributed by atoms with Crippen molar-refractivity contribution in [2.45, 2.75) is 50.8 Å². The Kier molecular flexibility index (Phi) is 6.02. The van der Waals surface area contributed by atoms with Crippen molar-refractivity contribution in [3.05, 3.63) is 21.6 Å². The number of ether oxygens (including phenoxy) is 1. The third-order valence-electron chi connectivity index (χ3n) is 3.81. The van der Waals surface area contributed by atoms with Crippen LogP contribution in [0, 0.1) is 0 Å². The maximum atomic E-state index is 12.1. The van der Waals surface area contributed by atoms with Crippen LogP contribution in [-0.4, -0.2) is 40.7 Å². The molecule has 0 spiro atoms. The van der Waals surface area contributed by atoms with Gasteiger partial charge in [0.2, 0.25) is 0 Å². The molecule has 1 fully saturated rings. The summed E-state index contributed by atoms with van der Waals surface area (Å²) in [6.45, 7) is 0.763. The third-order valence-corrected chi connectivity index (χ3v) is 4.18. The third kappa shape index (κ3) is 4.18. The Morgan fingerprint density at radius 2 is 2.24 bits per heavy atom. The van der Waals surface area contributed by atoms with Gasteiger partial charge in [-0.25, -0.2) is 4.68 Å². The first-order chi connectivity index (χ1) is 10.1.